The van der Waals surface area contributed by atoms with Crippen LogP contribution in [0.15, 0.2) is 35.4 Å². The number of anilines is 1. The maximum absolute atomic E-state index is 12.0. The van der Waals surface area contributed by atoms with E-state index in [-0.39, 0.29) is 18.0 Å². The van der Waals surface area contributed by atoms with Crippen molar-refractivity contribution in [3.8, 4) is 5.75 Å². The lowest BCUT2D eigenvalue weighted by atomic mass is 10.2. The molecule has 6 heteroatoms. The molecule has 0 spiro atoms. The van der Waals surface area contributed by atoms with Crippen LogP contribution in [0.5, 0.6) is 5.75 Å². The van der Waals surface area contributed by atoms with Crippen molar-refractivity contribution in [1.29, 1.82) is 0 Å². The van der Waals surface area contributed by atoms with Crippen LogP contribution in [-0.2, 0) is 11.3 Å². The lowest BCUT2D eigenvalue weighted by molar-refractivity contribution is -0.116. The topological polar surface area (TPSA) is 73.2 Å². The Morgan fingerprint density at radius 1 is 1.33 bits per heavy atom. The minimum atomic E-state index is -0.313. The van der Waals surface area contributed by atoms with Crippen molar-refractivity contribution in [3.05, 3.63) is 52.2 Å². The Kier molecular flexibility index (Phi) is 4.37. The van der Waals surface area contributed by atoms with E-state index in [2.05, 4.69) is 10.3 Å². The van der Waals surface area contributed by atoms with Crippen molar-refractivity contribution in [2.24, 2.45) is 0 Å². The standard InChI is InChI=1S/C15H17N3O3/c1-10-4-5-13(21-3)12(6-10)17-14(19)8-18-9-16-11(2)7-15(18)20/h4-7,9H,8H2,1-3H3,(H,17,19). The van der Waals surface area contributed by atoms with Gasteiger partial charge in [-0.3, -0.25) is 14.2 Å². The van der Waals surface area contributed by atoms with Gasteiger partial charge in [-0.2, -0.15) is 0 Å². The molecule has 0 unspecified atom stereocenters. The Balaban J connectivity index is 2.15. The van der Waals surface area contributed by atoms with E-state index in [1.165, 1.54) is 24.1 Å². The summed E-state index contributed by atoms with van der Waals surface area (Å²) in [7, 11) is 1.54. The number of rotatable bonds is 4. The number of nitrogens with zero attached hydrogens (tertiary/aromatic N) is 2. The zero-order chi connectivity index (χ0) is 15.4. The second kappa shape index (κ2) is 6.21. The van der Waals surface area contributed by atoms with Crippen LogP contribution in [0.2, 0.25) is 0 Å². The summed E-state index contributed by atoms with van der Waals surface area (Å²) < 4.78 is 6.45. The van der Waals surface area contributed by atoms with Crippen LogP contribution < -0.4 is 15.6 Å². The molecule has 0 aliphatic carbocycles. The maximum Gasteiger partial charge on any atom is 0.253 e. The van der Waals surface area contributed by atoms with Gasteiger partial charge in [0.25, 0.3) is 5.56 Å². The molecule has 1 aromatic carbocycles. The largest absolute Gasteiger partial charge is 0.495 e. The summed E-state index contributed by atoms with van der Waals surface area (Å²) >= 11 is 0. The third-order valence-electron chi connectivity index (χ3n) is 2.96. The number of carbonyl (C=O) groups is 1. The van der Waals surface area contributed by atoms with E-state index in [1.807, 2.05) is 19.1 Å². The Morgan fingerprint density at radius 3 is 2.76 bits per heavy atom. The quantitative estimate of drug-likeness (QED) is 0.925. The fraction of sp³-hybridized carbons (Fsp3) is 0.267. The van der Waals surface area contributed by atoms with Gasteiger partial charge in [-0.15, -0.1) is 0 Å². The lowest BCUT2D eigenvalue weighted by Gasteiger charge is -2.11. The molecule has 21 heavy (non-hydrogen) atoms. The van der Waals surface area contributed by atoms with Gasteiger partial charge >= 0.3 is 0 Å². The first kappa shape index (κ1) is 14.8. The van der Waals surface area contributed by atoms with Gasteiger partial charge < -0.3 is 10.1 Å². The second-order valence-corrected chi connectivity index (χ2v) is 4.75. The number of nitrogens with one attached hydrogen (secondary N) is 1. The second-order valence-electron chi connectivity index (χ2n) is 4.75. The van der Waals surface area contributed by atoms with Crippen LogP contribution in [0, 0.1) is 13.8 Å². The molecule has 2 aromatic rings. The molecule has 0 saturated heterocycles. The number of hydrogen-bond donors (Lipinski definition) is 1. The lowest BCUT2D eigenvalue weighted by Crippen LogP contribution is -2.27. The van der Waals surface area contributed by atoms with Crippen molar-refractivity contribution in [2.75, 3.05) is 12.4 Å². The molecular formula is C15H17N3O3. The zero-order valence-electron chi connectivity index (χ0n) is 12.2. The summed E-state index contributed by atoms with van der Waals surface area (Å²) in [5.74, 6) is 0.259. The summed E-state index contributed by atoms with van der Waals surface area (Å²) in [6.45, 7) is 3.55. The van der Waals surface area contributed by atoms with E-state index in [1.54, 1.807) is 13.0 Å². The van der Waals surface area contributed by atoms with E-state index < -0.39 is 0 Å². The normalized spacial score (nSPS) is 10.2. The average molecular weight is 287 g/mol. The highest BCUT2D eigenvalue weighted by Crippen LogP contribution is 2.25. The van der Waals surface area contributed by atoms with Gasteiger partial charge in [0, 0.05) is 11.8 Å². The van der Waals surface area contributed by atoms with E-state index >= 15 is 0 Å². The van der Waals surface area contributed by atoms with Crippen LogP contribution in [0.1, 0.15) is 11.3 Å². The van der Waals surface area contributed by atoms with Gasteiger partial charge in [0.05, 0.1) is 19.1 Å². The Labute approximate surface area is 122 Å². The molecule has 0 saturated carbocycles. The molecule has 0 bridgehead atoms. The molecule has 1 N–H and O–H groups in total. The molecule has 0 aliphatic heterocycles. The first-order valence-corrected chi connectivity index (χ1v) is 6.47. The van der Waals surface area contributed by atoms with Crippen LogP contribution in [0.25, 0.3) is 0 Å². The van der Waals surface area contributed by atoms with E-state index in [0.717, 1.165) is 5.56 Å². The van der Waals surface area contributed by atoms with E-state index in [9.17, 15) is 9.59 Å². The summed E-state index contributed by atoms with van der Waals surface area (Å²) in [4.78, 5) is 27.8. The average Bonchev–Trinajstić information content (AvgIpc) is 2.42. The summed E-state index contributed by atoms with van der Waals surface area (Å²) in [6, 6.07) is 6.88. The SMILES string of the molecule is COc1ccc(C)cc1NC(=O)Cn1cnc(C)cc1=O. The number of methoxy groups -OCH3 is 1. The summed E-state index contributed by atoms with van der Waals surface area (Å²) in [5, 5.41) is 2.74. The molecule has 0 radical (unpaired) electrons. The van der Waals surface area contributed by atoms with Crippen LogP contribution in [0.4, 0.5) is 5.69 Å². The number of benzene rings is 1. The first-order valence-electron chi connectivity index (χ1n) is 6.47. The van der Waals surface area contributed by atoms with Crippen LogP contribution >= 0.6 is 0 Å². The predicted octanol–water partition coefficient (Wildman–Crippen LogP) is 1.51. The molecule has 1 aromatic heterocycles. The Morgan fingerprint density at radius 2 is 2.10 bits per heavy atom. The van der Waals surface area contributed by atoms with Gasteiger partial charge in [-0.25, -0.2) is 4.98 Å². The minimum absolute atomic E-state index is 0.0940. The number of aromatic nitrogens is 2. The molecule has 2 rings (SSSR count). The molecule has 1 amide bonds. The molecule has 1 heterocycles. The molecular weight excluding hydrogens is 270 g/mol. The number of amides is 1. The van der Waals surface area contributed by atoms with E-state index in [0.29, 0.717) is 17.1 Å². The monoisotopic (exact) mass is 287 g/mol. The molecule has 0 fully saturated rings. The Bertz CT molecular complexity index is 722. The van der Waals surface area contributed by atoms with Crippen LogP contribution in [0.3, 0.4) is 0 Å². The summed E-state index contributed by atoms with van der Waals surface area (Å²) in [5.41, 5.74) is 1.95. The van der Waals surface area contributed by atoms with E-state index in [4.69, 9.17) is 4.74 Å². The van der Waals surface area contributed by atoms with Crippen molar-refractivity contribution < 1.29 is 9.53 Å². The van der Waals surface area contributed by atoms with Gasteiger partial charge in [0.15, 0.2) is 0 Å². The number of hydrogen-bond acceptors (Lipinski definition) is 4. The van der Waals surface area contributed by atoms with Crippen molar-refractivity contribution in [2.45, 2.75) is 20.4 Å². The number of carbonyl (C=O) groups excluding carboxylic acids is 1. The van der Waals surface area contributed by atoms with Crippen molar-refractivity contribution in [1.82, 2.24) is 9.55 Å². The number of aryl methyl sites for hydroxylation is 2. The maximum atomic E-state index is 12.0. The van der Waals surface area contributed by atoms with Crippen molar-refractivity contribution >= 4 is 11.6 Å². The fourth-order valence-corrected chi connectivity index (χ4v) is 1.90. The highest BCUT2D eigenvalue weighted by molar-refractivity contribution is 5.92. The third kappa shape index (κ3) is 3.68. The zero-order valence-corrected chi connectivity index (χ0v) is 12.2. The van der Waals surface area contributed by atoms with Crippen molar-refractivity contribution in [3.63, 3.8) is 0 Å². The minimum Gasteiger partial charge on any atom is -0.495 e. The van der Waals surface area contributed by atoms with Gasteiger partial charge in [-0.05, 0) is 31.5 Å². The van der Waals surface area contributed by atoms with Gasteiger partial charge in [0.1, 0.15) is 12.3 Å². The summed E-state index contributed by atoms with van der Waals surface area (Å²) in [6.07, 6.45) is 1.37. The Hall–Kier alpha value is -2.63. The predicted molar refractivity (Wildman–Crippen MR) is 79.6 cm³/mol. The third-order valence-corrected chi connectivity index (χ3v) is 2.96. The first-order chi connectivity index (χ1) is 9.99. The highest BCUT2D eigenvalue weighted by atomic mass is 16.5. The van der Waals surface area contributed by atoms with Gasteiger partial charge in [-0.1, -0.05) is 6.07 Å². The fourth-order valence-electron chi connectivity index (χ4n) is 1.90. The molecule has 0 atom stereocenters. The number of ether oxygens (including phenoxy) is 1. The highest BCUT2D eigenvalue weighted by Gasteiger charge is 2.09. The molecule has 110 valence electrons. The molecule has 6 nitrogen and oxygen atoms in total. The van der Waals surface area contributed by atoms with Gasteiger partial charge in [0.2, 0.25) is 5.91 Å². The van der Waals surface area contributed by atoms with Crippen LogP contribution in [-0.4, -0.2) is 22.6 Å². The molecule has 0 aliphatic rings. The smallest absolute Gasteiger partial charge is 0.253 e.